The predicted octanol–water partition coefficient (Wildman–Crippen LogP) is 4.50. The van der Waals surface area contributed by atoms with Gasteiger partial charge >= 0.3 is 0 Å². The van der Waals surface area contributed by atoms with Crippen LogP contribution in [0.15, 0.2) is 66.7 Å². The minimum absolute atomic E-state index is 0.208. The first-order valence-electron chi connectivity index (χ1n) is 7.57. The number of amides is 1. The van der Waals surface area contributed by atoms with Crippen molar-refractivity contribution >= 4 is 69.8 Å². The van der Waals surface area contributed by atoms with Crippen molar-refractivity contribution in [2.75, 3.05) is 5.32 Å². The molecular formula is C18H16Cl3N3OS. The zero-order valence-corrected chi connectivity index (χ0v) is 16.5. The van der Waals surface area contributed by atoms with Crippen molar-refractivity contribution in [2.24, 2.45) is 0 Å². The SMILES string of the molecule is O=C(/C=C/c1ccccc1)NC(NC(=S)Nc1ccccc1)C(Cl)(Cl)Cl. The van der Waals surface area contributed by atoms with E-state index in [0.29, 0.717) is 0 Å². The number of hydrogen-bond acceptors (Lipinski definition) is 2. The van der Waals surface area contributed by atoms with Crippen LogP contribution >= 0.6 is 47.0 Å². The molecule has 3 N–H and O–H groups in total. The number of anilines is 1. The van der Waals surface area contributed by atoms with Gasteiger partial charge in [0.15, 0.2) is 5.11 Å². The van der Waals surface area contributed by atoms with Crippen LogP contribution in [0.25, 0.3) is 6.08 Å². The Kier molecular flexibility index (Phi) is 7.72. The molecule has 0 heterocycles. The van der Waals surface area contributed by atoms with Crippen molar-refractivity contribution in [1.82, 2.24) is 10.6 Å². The van der Waals surface area contributed by atoms with Gasteiger partial charge < -0.3 is 16.0 Å². The first kappa shape index (κ1) is 20.5. The molecule has 1 atom stereocenters. The van der Waals surface area contributed by atoms with Crippen LogP contribution in [0.1, 0.15) is 5.56 Å². The van der Waals surface area contributed by atoms with Gasteiger partial charge in [-0.2, -0.15) is 0 Å². The number of hydrogen-bond donors (Lipinski definition) is 3. The molecule has 8 heteroatoms. The van der Waals surface area contributed by atoms with E-state index in [1.807, 2.05) is 60.7 Å². The monoisotopic (exact) mass is 427 g/mol. The van der Waals surface area contributed by atoms with Crippen LogP contribution in [-0.4, -0.2) is 21.0 Å². The Bertz CT molecular complexity index is 764. The number of nitrogens with one attached hydrogen (secondary N) is 3. The first-order chi connectivity index (χ1) is 12.3. The maximum atomic E-state index is 12.1. The third kappa shape index (κ3) is 7.22. The molecule has 0 aliphatic rings. The molecule has 0 aliphatic carbocycles. The minimum Gasteiger partial charge on any atom is -0.339 e. The van der Waals surface area contributed by atoms with Crippen molar-refractivity contribution in [2.45, 2.75) is 9.96 Å². The molecule has 0 saturated carbocycles. The number of benzene rings is 2. The number of alkyl halides is 3. The molecule has 2 rings (SSSR count). The molecule has 0 saturated heterocycles. The zero-order chi connectivity index (χ0) is 19.0. The average Bonchev–Trinajstić information content (AvgIpc) is 2.60. The number of rotatable bonds is 5. The molecule has 2 aromatic rings. The summed E-state index contributed by atoms with van der Waals surface area (Å²) in [6, 6.07) is 18.6. The third-order valence-electron chi connectivity index (χ3n) is 3.15. The summed E-state index contributed by atoms with van der Waals surface area (Å²) in [6.45, 7) is 0. The molecule has 1 amide bonds. The van der Waals surface area contributed by atoms with Gasteiger partial charge in [-0.1, -0.05) is 83.3 Å². The summed E-state index contributed by atoms with van der Waals surface area (Å²) in [5.41, 5.74) is 1.64. The molecule has 26 heavy (non-hydrogen) atoms. The second-order valence-electron chi connectivity index (χ2n) is 5.19. The van der Waals surface area contributed by atoms with Crippen LogP contribution < -0.4 is 16.0 Å². The molecule has 0 fully saturated rings. The Labute approximate surface area is 172 Å². The lowest BCUT2D eigenvalue weighted by Crippen LogP contribution is -2.55. The second-order valence-corrected chi connectivity index (χ2v) is 7.97. The maximum Gasteiger partial charge on any atom is 0.245 e. The van der Waals surface area contributed by atoms with Gasteiger partial charge in [0.05, 0.1) is 0 Å². The quantitative estimate of drug-likeness (QED) is 0.284. The number of para-hydroxylation sites is 1. The van der Waals surface area contributed by atoms with Crippen LogP contribution in [0.3, 0.4) is 0 Å². The smallest absolute Gasteiger partial charge is 0.245 e. The van der Waals surface area contributed by atoms with Gasteiger partial charge in [-0.05, 0) is 36.0 Å². The van der Waals surface area contributed by atoms with Crippen molar-refractivity contribution in [1.29, 1.82) is 0 Å². The fourth-order valence-corrected chi connectivity index (χ4v) is 2.51. The highest BCUT2D eigenvalue weighted by Crippen LogP contribution is 2.29. The van der Waals surface area contributed by atoms with E-state index < -0.39 is 15.9 Å². The highest BCUT2D eigenvalue weighted by molar-refractivity contribution is 7.80. The standard InChI is InChI=1S/C18H16Cl3N3OS/c19-18(20,21)16(24-17(26)22-14-9-5-2-6-10-14)23-15(25)12-11-13-7-3-1-4-8-13/h1-12,16H,(H,23,25)(H2,22,24,26)/b12-11+. The normalized spacial score (nSPS) is 12.4. The van der Waals surface area contributed by atoms with Crippen molar-refractivity contribution in [3.8, 4) is 0 Å². The van der Waals surface area contributed by atoms with E-state index in [2.05, 4.69) is 16.0 Å². The third-order valence-corrected chi connectivity index (χ3v) is 4.02. The number of carbonyl (C=O) groups is 1. The Morgan fingerprint density at radius 2 is 1.54 bits per heavy atom. The molecule has 2 aromatic carbocycles. The highest BCUT2D eigenvalue weighted by atomic mass is 35.6. The van der Waals surface area contributed by atoms with E-state index in [1.165, 1.54) is 6.08 Å². The van der Waals surface area contributed by atoms with Crippen molar-refractivity contribution in [3.63, 3.8) is 0 Å². The summed E-state index contributed by atoms with van der Waals surface area (Å²) in [7, 11) is 0. The average molecular weight is 429 g/mol. The topological polar surface area (TPSA) is 53.2 Å². The molecule has 136 valence electrons. The summed E-state index contributed by atoms with van der Waals surface area (Å²) in [5, 5.41) is 8.54. The van der Waals surface area contributed by atoms with Gasteiger partial charge in [0.1, 0.15) is 6.17 Å². The Hall–Kier alpha value is -1.79. The molecule has 0 spiro atoms. The van der Waals surface area contributed by atoms with E-state index in [1.54, 1.807) is 6.08 Å². The summed E-state index contributed by atoms with van der Waals surface area (Å²) in [5.74, 6) is -0.430. The molecule has 0 radical (unpaired) electrons. The van der Waals surface area contributed by atoms with Crippen LogP contribution in [0.5, 0.6) is 0 Å². The summed E-state index contributed by atoms with van der Waals surface area (Å²) in [4.78, 5) is 12.1. The number of halogens is 3. The van der Waals surface area contributed by atoms with E-state index in [0.717, 1.165) is 11.3 Å². The highest BCUT2D eigenvalue weighted by Gasteiger charge is 2.34. The van der Waals surface area contributed by atoms with E-state index in [-0.39, 0.29) is 5.11 Å². The molecule has 1 unspecified atom stereocenters. The van der Waals surface area contributed by atoms with Crippen molar-refractivity contribution in [3.05, 3.63) is 72.3 Å². The lowest BCUT2D eigenvalue weighted by molar-refractivity contribution is -0.117. The summed E-state index contributed by atoms with van der Waals surface area (Å²) >= 11 is 23.1. The fraction of sp³-hybridized carbons (Fsp3) is 0.111. The largest absolute Gasteiger partial charge is 0.339 e. The molecule has 0 bridgehead atoms. The summed E-state index contributed by atoms with van der Waals surface area (Å²) < 4.78 is -1.81. The van der Waals surface area contributed by atoms with Gasteiger partial charge in [0.25, 0.3) is 0 Å². The number of thiocarbonyl (C=S) groups is 1. The van der Waals surface area contributed by atoms with Crippen LogP contribution in [0.2, 0.25) is 0 Å². The Morgan fingerprint density at radius 1 is 0.962 bits per heavy atom. The van der Waals surface area contributed by atoms with Crippen molar-refractivity contribution < 1.29 is 4.79 Å². The van der Waals surface area contributed by atoms with Gasteiger partial charge in [-0.25, -0.2) is 0 Å². The molecule has 4 nitrogen and oxygen atoms in total. The fourth-order valence-electron chi connectivity index (χ4n) is 1.95. The molecular weight excluding hydrogens is 413 g/mol. The number of carbonyl (C=O) groups excluding carboxylic acids is 1. The maximum absolute atomic E-state index is 12.1. The molecule has 0 aliphatic heterocycles. The Morgan fingerprint density at radius 3 is 2.12 bits per heavy atom. The van der Waals surface area contributed by atoms with Gasteiger partial charge in [0, 0.05) is 11.8 Å². The van der Waals surface area contributed by atoms with E-state index in [4.69, 9.17) is 47.0 Å². The minimum atomic E-state index is -1.81. The van der Waals surface area contributed by atoms with E-state index >= 15 is 0 Å². The zero-order valence-electron chi connectivity index (χ0n) is 13.5. The summed E-state index contributed by atoms with van der Waals surface area (Å²) in [6.07, 6.45) is 1.99. The van der Waals surface area contributed by atoms with E-state index in [9.17, 15) is 4.79 Å². The first-order valence-corrected chi connectivity index (χ1v) is 9.12. The molecule has 0 aromatic heterocycles. The van der Waals surface area contributed by atoms with Crippen LogP contribution in [-0.2, 0) is 4.79 Å². The lowest BCUT2D eigenvalue weighted by atomic mass is 10.2. The Balaban J connectivity index is 1.97. The van der Waals surface area contributed by atoms with Gasteiger partial charge in [-0.3, -0.25) is 4.79 Å². The van der Waals surface area contributed by atoms with Crippen LogP contribution in [0, 0.1) is 0 Å². The lowest BCUT2D eigenvalue weighted by Gasteiger charge is -2.27. The van der Waals surface area contributed by atoms with Gasteiger partial charge in [0.2, 0.25) is 9.70 Å². The van der Waals surface area contributed by atoms with Crippen LogP contribution in [0.4, 0.5) is 5.69 Å². The second kappa shape index (κ2) is 9.78. The van der Waals surface area contributed by atoms with Gasteiger partial charge in [-0.15, -0.1) is 0 Å². The predicted molar refractivity (Wildman–Crippen MR) is 113 cm³/mol.